The highest BCUT2D eigenvalue weighted by Crippen LogP contribution is 2.23. The summed E-state index contributed by atoms with van der Waals surface area (Å²) in [4.78, 5) is 12.4. The van der Waals surface area contributed by atoms with Crippen molar-refractivity contribution >= 4 is 15.9 Å². The number of hydrogen-bond acceptors (Lipinski definition) is 3. The van der Waals surface area contributed by atoms with Crippen LogP contribution in [0.1, 0.15) is 56.1 Å². The Bertz CT molecular complexity index is 809. The first-order valence-corrected chi connectivity index (χ1v) is 12.0. The largest absolute Gasteiger partial charge is 0.356 e. The average Bonchev–Trinajstić information content (AvgIpc) is 2.70. The maximum absolute atomic E-state index is 12.7. The Kier molecular flexibility index (Phi) is 7.30. The first-order valence-electron chi connectivity index (χ1n) is 10.4. The fourth-order valence-corrected chi connectivity index (χ4v) is 5.74. The lowest BCUT2D eigenvalue weighted by Gasteiger charge is -2.30. The number of carbonyl (C=O) groups is 1. The van der Waals surface area contributed by atoms with Crippen molar-refractivity contribution in [3.63, 3.8) is 0 Å². The molecule has 0 bridgehead atoms. The number of allylic oxidation sites excluding steroid dienone is 1. The summed E-state index contributed by atoms with van der Waals surface area (Å²) in [5.74, 6) is 0.0312. The van der Waals surface area contributed by atoms with Crippen LogP contribution in [0.2, 0.25) is 0 Å². The molecule has 28 heavy (non-hydrogen) atoms. The van der Waals surface area contributed by atoms with E-state index in [0.29, 0.717) is 32.5 Å². The van der Waals surface area contributed by atoms with E-state index in [1.165, 1.54) is 24.8 Å². The lowest BCUT2D eigenvalue weighted by atomic mass is 9.96. The highest BCUT2D eigenvalue weighted by molar-refractivity contribution is 7.88. The first-order chi connectivity index (χ1) is 13.5. The molecule has 2 aliphatic rings. The molecule has 1 N–H and O–H groups in total. The third-order valence-electron chi connectivity index (χ3n) is 5.95. The van der Waals surface area contributed by atoms with E-state index in [0.717, 1.165) is 24.0 Å². The van der Waals surface area contributed by atoms with Crippen molar-refractivity contribution in [2.45, 2.75) is 57.6 Å². The molecule has 1 aliphatic heterocycles. The van der Waals surface area contributed by atoms with Crippen LogP contribution in [0.15, 0.2) is 35.9 Å². The zero-order valence-electron chi connectivity index (χ0n) is 16.8. The summed E-state index contributed by atoms with van der Waals surface area (Å²) in [6, 6.07) is 7.60. The number of rotatable bonds is 7. The van der Waals surface area contributed by atoms with E-state index in [1.807, 2.05) is 31.2 Å². The van der Waals surface area contributed by atoms with E-state index in [-0.39, 0.29) is 17.6 Å². The highest BCUT2D eigenvalue weighted by Gasteiger charge is 2.31. The standard InChI is InChI=1S/C22H32N2O3S/c1-18-7-5-6-10-21(18)17-28(26,27)24-15-12-20(13-16-24)22(25)23-14-11-19-8-3-2-4-9-19/h5-8,10,20H,2-4,9,11-17H2,1H3,(H,23,25). The van der Waals surface area contributed by atoms with Crippen LogP contribution in [-0.4, -0.2) is 38.3 Å². The van der Waals surface area contributed by atoms with E-state index in [1.54, 1.807) is 4.31 Å². The number of nitrogens with zero attached hydrogens (tertiary/aromatic N) is 1. The SMILES string of the molecule is Cc1ccccc1CS(=O)(=O)N1CCC(C(=O)NCCC2=CCCCC2)CC1. The van der Waals surface area contributed by atoms with Crippen LogP contribution in [0.25, 0.3) is 0 Å². The Labute approximate surface area is 169 Å². The number of sulfonamides is 1. The van der Waals surface area contributed by atoms with Crippen molar-refractivity contribution < 1.29 is 13.2 Å². The van der Waals surface area contributed by atoms with E-state index in [9.17, 15) is 13.2 Å². The molecular weight excluding hydrogens is 372 g/mol. The van der Waals surface area contributed by atoms with Gasteiger partial charge in [-0.1, -0.05) is 35.9 Å². The molecule has 0 spiro atoms. The summed E-state index contributed by atoms with van der Waals surface area (Å²) in [5, 5.41) is 3.05. The molecule has 6 heteroatoms. The van der Waals surface area contributed by atoms with Crippen LogP contribution in [0.4, 0.5) is 0 Å². The molecule has 1 aromatic rings. The van der Waals surface area contributed by atoms with Crippen LogP contribution in [0.5, 0.6) is 0 Å². The Balaban J connectivity index is 1.44. The maximum atomic E-state index is 12.7. The number of piperidine rings is 1. The van der Waals surface area contributed by atoms with Gasteiger partial charge in [0.15, 0.2) is 0 Å². The van der Waals surface area contributed by atoms with Crippen molar-refractivity contribution in [2.75, 3.05) is 19.6 Å². The molecule has 0 radical (unpaired) electrons. The zero-order valence-corrected chi connectivity index (χ0v) is 17.6. The topological polar surface area (TPSA) is 66.5 Å². The summed E-state index contributed by atoms with van der Waals surface area (Å²) in [6.07, 6.45) is 9.31. The van der Waals surface area contributed by atoms with Crippen molar-refractivity contribution in [3.05, 3.63) is 47.0 Å². The molecule has 1 amide bonds. The van der Waals surface area contributed by atoms with E-state index in [4.69, 9.17) is 0 Å². The summed E-state index contributed by atoms with van der Waals surface area (Å²) in [6.45, 7) is 3.48. The second-order valence-electron chi connectivity index (χ2n) is 8.01. The molecular formula is C22H32N2O3S. The summed E-state index contributed by atoms with van der Waals surface area (Å²) in [5.41, 5.74) is 3.30. The zero-order chi connectivity index (χ0) is 20.0. The number of nitrogens with one attached hydrogen (secondary N) is 1. The van der Waals surface area contributed by atoms with Crippen LogP contribution in [-0.2, 0) is 20.6 Å². The van der Waals surface area contributed by atoms with E-state index in [2.05, 4.69) is 11.4 Å². The molecule has 1 saturated heterocycles. The van der Waals surface area contributed by atoms with Crippen molar-refractivity contribution in [2.24, 2.45) is 5.92 Å². The van der Waals surface area contributed by atoms with Crippen LogP contribution in [0.3, 0.4) is 0 Å². The number of amides is 1. The Morgan fingerprint density at radius 1 is 1.18 bits per heavy atom. The fraction of sp³-hybridized carbons (Fsp3) is 0.591. The molecule has 3 rings (SSSR count). The second kappa shape index (κ2) is 9.70. The minimum atomic E-state index is -3.35. The lowest BCUT2D eigenvalue weighted by molar-refractivity contribution is -0.126. The molecule has 0 atom stereocenters. The fourth-order valence-electron chi connectivity index (χ4n) is 4.08. The first kappa shape index (κ1) is 21.1. The van der Waals surface area contributed by atoms with Crippen LogP contribution >= 0.6 is 0 Å². The smallest absolute Gasteiger partial charge is 0.223 e. The average molecular weight is 405 g/mol. The number of hydrogen-bond donors (Lipinski definition) is 1. The van der Waals surface area contributed by atoms with Gasteiger partial charge in [0.2, 0.25) is 15.9 Å². The normalized spacial score (nSPS) is 19.2. The van der Waals surface area contributed by atoms with Gasteiger partial charge in [-0.05, 0) is 63.0 Å². The molecule has 1 aliphatic carbocycles. The third kappa shape index (κ3) is 5.67. The predicted octanol–water partition coefficient (Wildman–Crippen LogP) is 3.54. The van der Waals surface area contributed by atoms with E-state index >= 15 is 0 Å². The Morgan fingerprint density at radius 2 is 1.93 bits per heavy atom. The van der Waals surface area contributed by atoms with Gasteiger partial charge in [0.1, 0.15) is 0 Å². The molecule has 154 valence electrons. The monoisotopic (exact) mass is 404 g/mol. The molecule has 1 fully saturated rings. The second-order valence-corrected chi connectivity index (χ2v) is 9.97. The quantitative estimate of drug-likeness (QED) is 0.707. The van der Waals surface area contributed by atoms with E-state index < -0.39 is 10.0 Å². The maximum Gasteiger partial charge on any atom is 0.223 e. The van der Waals surface area contributed by atoms with Crippen molar-refractivity contribution in [1.29, 1.82) is 0 Å². The van der Waals surface area contributed by atoms with Gasteiger partial charge in [0, 0.05) is 25.6 Å². The summed E-state index contributed by atoms with van der Waals surface area (Å²) in [7, 11) is -3.35. The van der Waals surface area contributed by atoms with Gasteiger partial charge in [-0.25, -0.2) is 12.7 Å². The Morgan fingerprint density at radius 3 is 2.61 bits per heavy atom. The van der Waals surface area contributed by atoms with Crippen LogP contribution in [0, 0.1) is 12.8 Å². The molecule has 5 nitrogen and oxygen atoms in total. The predicted molar refractivity (Wildman–Crippen MR) is 112 cm³/mol. The summed E-state index contributed by atoms with van der Waals surface area (Å²) >= 11 is 0. The number of benzene rings is 1. The van der Waals surface area contributed by atoms with Gasteiger partial charge in [-0.2, -0.15) is 0 Å². The third-order valence-corrected chi connectivity index (χ3v) is 7.78. The van der Waals surface area contributed by atoms with Crippen molar-refractivity contribution in [3.8, 4) is 0 Å². The number of carbonyl (C=O) groups excluding carboxylic acids is 1. The summed E-state index contributed by atoms with van der Waals surface area (Å²) < 4.78 is 27.1. The van der Waals surface area contributed by atoms with Gasteiger partial charge < -0.3 is 5.32 Å². The highest BCUT2D eigenvalue weighted by atomic mass is 32.2. The van der Waals surface area contributed by atoms with Gasteiger partial charge in [0.05, 0.1) is 5.75 Å². The molecule has 0 aromatic heterocycles. The van der Waals surface area contributed by atoms with Gasteiger partial charge in [0.25, 0.3) is 0 Å². The molecule has 0 unspecified atom stereocenters. The van der Waals surface area contributed by atoms with Crippen molar-refractivity contribution in [1.82, 2.24) is 9.62 Å². The minimum Gasteiger partial charge on any atom is -0.356 e. The molecule has 0 saturated carbocycles. The van der Waals surface area contributed by atoms with Crippen LogP contribution < -0.4 is 5.32 Å². The van der Waals surface area contributed by atoms with Gasteiger partial charge in [-0.3, -0.25) is 4.79 Å². The molecule has 1 aromatic carbocycles. The lowest BCUT2D eigenvalue weighted by Crippen LogP contribution is -2.43. The minimum absolute atomic E-state index is 0.0334. The molecule has 1 heterocycles. The Hall–Kier alpha value is -1.66. The van der Waals surface area contributed by atoms with Gasteiger partial charge in [-0.15, -0.1) is 0 Å². The number of aryl methyl sites for hydroxylation is 1. The van der Waals surface area contributed by atoms with Gasteiger partial charge >= 0.3 is 0 Å².